The van der Waals surface area contributed by atoms with E-state index in [1.54, 1.807) is 0 Å². The first-order chi connectivity index (χ1) is 10.0. The van der Waals surface area contributed by atoms with E-state index in [0.29, 0.717) is 51.2 Å². The molecule has 6 nitrogen and oxygen atoms in total. The Morgan fingerprint density at radius 1 is 1.29 bits per heavy atom. The number of carbonyl (C=O) groups is 2. The molecule has 6 heteroatoms. The SMILES string of the molecule is COCC(O)CCCC(=O)NCC1CCC(C(=O)O)CC1. The van der Waals surface area contributed by atoms with Crippen LogP contribution in [0.15, 0.2) is 0 Å². The van der Waals surface area contributed by atoms with E-state index in [2.05, 4.69) is 5.32 Å². The lowest BCUT2D eigenvalue weighted by Gasteiger charge is -2.26. The summed E-state index contributed by atoms with van der Waals surface area (Å²) in [7, 11) is 1.54. The van der Waals surface area contributed by atoms with Gasteiger partial charge < -0.3 is 20.3 Å². The molecular formula is C15H27NO5. The van der Waals surface area contributed by atoms with E-state index in [9.17, 15) is 14.7 Å². The summed E-state index contributed by atoms with van der Waals surface area (Å²) in [6.45, 7) is 0.931. The fraction of sp³-hybridized carbons (Fsp3) is 0.867. The minimum Gasteiger partial charge on any atom is -0.481 e. The van der Waals surface area contributed by atoms with Crippen molar-refractivity contribution in [1.29, 1.82) is 0 Å². The van der Waals surface area contributed by atoms with E-state index >= 15 is 0 Å². The number of ether oxygens (including phenoxy) is 1. The maximum atomic E-state index is 11.7. The number of methoxy groups -OCH3 is 1. The van der Waals surface area contributed by atoms with Gasteiger partial charge >= 0.3 is 5.97 Å². The van der Waals surface area contributed by atoms with E-state index in [0.717, 1.165) is 12.8 Å². The average molecular weight is 301 g/mol. The number of carbonyl (C=O) groups excluding carboxylic acids is 1. The van der Waals surface area contributed by atoms with Crippen LogP contribution in [0.2, 0.25) is 0 Å². The van der Waals surface area contributed by atoms with Crippen LogP contribution in [0.3, 0.4) is 0 Å². The van der Waals surface area contributed by atoms with Crippen molar-refractivity contribution in [3.8, 4) is 0 Å². The van der Waals surface area contributed by atoms with Crippen molar-refractivity contribution in [2.24, 2.45) is 11.8 Å². The molecular weight excluding hydrogens is 274 g/mol. The summed E-state index contributed by atoms with van der Waals surface area (Å²) in [5.74, 6) is -0.519. The molecule has 1 saturated carbocycles. The number of aliphatic hydroxyl groups excluding tert-OH is 1. The Morgan fingerprint density at radius 3 is 2.52 bits per heavy atom. The second-order valence-electron chi connectivity index (χ2n) is 5.86. The van der Waals surface area contributed by atoms with Crippen LogP contribution >= 0.6 is 0 Å². The zero-order valence-corrected chi connectivity index (χ0v) is 12.7. The molecule has 0 bridgehead atoms. The standard InChI is InChI=1S/C15H27NO5/c1-21-10-13(17)3-2-4-14(18)16-9-11-5-7-12(8-6-11)15(19)20/h11-13,17H,2-10H2,1H3,(H,16,18)(H,19,20). The Balaban J connectivity index is 2.07. The summed E-state index contributed by atoms with van der Waals surface area (Å²) in [6, 6.07) is 0. The first kappa shape index (κ1) is 17.9. The molecule has 1 amide bonds. The number of amides is 1. The number of aliphatic carboxylic acids is 1. The molecule has 122 valence electrons. The zero-order valence-electron chi connectivity index (χ0n) is 12.7. The highest BCUT2D eigenvalue weighted by Gasteiger charge is 2.25. The molecule has 0 radical (unpaired) electrons. The zero-order chi connectivity index (χ0) is 15.7. The number of aliphatic hydroxyl groups is 1. The predicted octanol–water partition coefficient (Wildman–Crippen LogP) is 1.17. The third-order valence-corrected chi connectivity index (χ3v) is 4.08. The second kappa shape index (κ2) is 9.73. The molecule has 1 fully saturated rings. The Hall–Kier alpha value is -1.14. The molecule has 0 aromatic rings. The number of hydrogen-bond donors (Lipinski definition) is 3. The molecule has 0 saturated heterocycles. The molecule has 21 heavy (non-hydrogen) atoms. The highest BCUT2D eigenvalue weighted by Crippen LogP contribution is 2.28. The van der Waals surface area contributed by atoms with E-state index in [1.165, 1.54) is 7.11 Å². The van der Waals surface area contributed by atoms with Gasteiger partial charge in [0, 0.05) is 20.1 Å². The monoisotopic (exact) mass is 301 g/mol. The largest absolute Gasteiger partial charge is 0.481 e. The molecule has 0 aromatic carbocycles. The van der Waals surface area contributed by atoms with E-state index in [-0.39, 0.29) is 11.8 Å². The van der Waals surface area contributed by atoms with Crippen LogP contribution in [-0.4, -0.2) is 48.5 Å². The number of carboxylic acid groups (broad SMARTS) is 1. The lowest BCUT2D eigenvalue weighted by atomic mass is 9.82. The van der Waals surface area contributed by atoms with Gasteiger partial charge in [-0.1, -0.05) is 0 Å². The number of hydrogen-bond acceptors (Lipinski definition) is 4. The summed E-state index contributed by atoms with van der Waals surface area (Å²) >= 11 is 0. The Bertz CT molecular complexity index is 326. The van der Waals surface area contributed by atoms with Gasteiger partial charge in [0.25, 0.3) is 0 Å². The van der Waals surface area contributed by atoms with Crippen molar-refractivity contribution in [3.05, 3.63) is 0 Å². The van der Waals surface area contributed by atoms with Crippen LogP contribution in [0.25, 0.3) is 0 Å². The summed E-state index contributed by atoms with van der Waals surface area (Å²) in [6.07, 6.45) is 4.25. The van der Waals surface area contributed by atoms with E-state index in [1.807, 2.05) is 0 Å². The van der Waals surface area contributed by atoms with E-state index < -0.39 is 12.1 Å². The third-order valence-electron chi connectivity index (χ3n) is 4.08. The second-order valence-corrected chi connectivity index (χ2v) is 5.86. The fourth-order valence-corrected chi connectivity index (χ4v) is 2.73. The maximum Gasteiger partial charge on any atom is 0.306 e. The Morgan fingerprint density at radius 2 is 1.95 bits per heavy atom. The topological polar surface area (TPSA) is 95.9 Å². The first-order valence-electron chi connectivity index (χ1n) is 7.69. The molecule has 1 atom stereocenters. The molecule has 1 unspecified atom stereocenters. The fourth-order valence-electron chi connectivity index (χ4n) is 2.73. The van der Waals surface area contributed by atoms with Gasteiger partial charge in [-0.25, -0.2) is 0 Å². The van der Waals surface area contributed by atoms with E-state index in [4.69, 9.17) is 9.84 Å². The molecule has 1 aliphatic carbocycles. The molecule has 0 spiro atoms. The van der Waals surface area contributed by atoms with Crippen LogP contribution in [0.5, 0.6) is 0 Å². The van der Waals surface area contributed by atoms with Gasteiger partial charge in [-0.05, 0) is 44.4 Å². The van der Waals surface area contributed by atoms with Gasteiger partial charge in [-0.2, -0.15) is 0 Å². The quantitative estimate of drug-likeness (QED) is 0.594. The summed E-state index contributed by atoms with van der Waals surface area (Å²) in [5, 5.41) is 21.3. The summed E-state index contributed by atoms with van der Waals surface area (Å²) in [5.41, 5.74) is 0. The molecule has 0 aliphatic heterocycles. The summed E-state index contributed by atoms with van der Waals surface area (Å²) in [4.78, 5) is 22.5. The minimum atomic E-state index is -0.702. The summed E-state index contributed by atoms with van der Waals surface area (Å²) < 4.78 is 4.82. The highest BCUT2D eigenvalue weighted by molar-refractivity contribution is 5.75. The normalized spacial score (nSPS) is 23.5. The Kier molecular flexibility index (Phi) is 8.30. The molecule has 0 heterocycles. The van der Waals surface area contributed by atoms with Crippen molar-refractivity contribution >= 4 is 11.9 Å². The molecule has 3 N–H and O–H groups in total. The maximum absolute atomic E-state index is 11.7. The van der Waals surface area contributed by atoms with Crippen LogP contribution < -0.4 is 5.32 Å². The van der Waals surface area contributed by atoms with Crippen molar-refractivity contribution in [2.45, 2.75) is 51.0 Å². The molecule has 0 aromatic heterocycles. The van der Waals surface area contributed by atoms with Gasteiger partial charge in [0.1, 0.15) is 0 Å². The van der Waals surface area contributed by atoms with Crippen LogP contribution in [0, 0.1) is 11.8 Å². The van der Waals surface area contributed by atoms with Crippen molar-refractivity contribution in [1.82, 2.24) is 5.32 Å². The first-order valence-corrected chi connectivity index (χ1v) is 7.69. The van der Waals surface area contributed by atoms with Gasteiger partial charge in [0.15, 0.2) is 0 Å². The van der Waals surface area contributed by atoms with Crippen molar-refractivity contribution < 1.29 is 24.5 Å². The lowest BCUT2D eigenvalue weighted by molar-refractivity contribution is -0.143. The van der Waals surface area contributed by atoms with Gasteiger partial charge in [-0.3, -0.25) is 9.59 Å². The Labute approximate surface area is 125 Å². The molecule has 1 aliphatic rings. The lowest BCUT2D eigenvalue weighted by Crippen LogP contribution is -2.32. The minimum absolute atomic E-state index is 0.0000233. The van der Waals surface area contributed by atoms with Crippen molar-refractivity contribution in [2.75, 3.05) is 20.3 Å². The van der Waals surface area contributed by atoms with Crippen LogP contribution in [0.4, 0.5) is 0 Å². The van der Waals surface area contributed by atoms with Crippen LogP contribution in [-0.2, 0) is 14.3 Å². The average Bonchev–Trinajstić information content (AvgIpc) is 2.46. The van der Waals surface area contributed by atoms with Gasteiger partial charge in [0.05, 0.1) is 18.6 Å². The number of carboxylic acids is 1. The predicted molar refractivity (Wildman–Crippen MR) is 77.8 cm³/mol. The number of nitrogens with one attached hydrogen (secondary N) is 1. The molecule has 1 rings (SSSR count). The van der Waals surface area contributed by atoms with Gasteiger partial charge in [0.2, 0.25) is 5.91 Å². The highest BCUT2D eigenvalue weighted by atomic mass is 16.5. The third kappa shape index (κ3) is 7.43. The van der Waals surface area contributed by atoms with Crippen molar-refractivity contribution in [3.63, 3.8) is 0 Å². The smallest absolute Gasteiger partial charge is 0.306 e. The van der Waals surface area contributed by atoms with Gasteiger partial charge in [-0.15, -0.1) is 0 Å². The van der Waals surface area contributed by atoms with Crippen LogP contribution in [0.1, 0.15) is 44.9 Å². The number of rotatable bonds is 9.